The van der Waals surface area contributed by atoms with Gasteiger partial charge in [-0.05, 0) is 24.1 Å². The molecule has 10 heteroatoms. The normalized spacial score (nSPS) is 14.9. The second-order valence-electron chi connectivity index (χ2n) is 8.91. The minimum Gasteiger partial charge on any atom is -0.375 e. The van der Waals surface area contributed by atoms with Crippen molar-refractivity contribution in [2.45, 2.75) is 32.5 Å². The highest BCUT2D eigenvalue weighted by Crippen LogP contribution is 2.26. The van der Waals surface area contributed by atoms with Crippen LogP contribution in [-0.4, -0.2) is 57.4 Å². The SMILES string of the molecule is CCCn1c(-c2ccc(N3CCNCC3)nc2)nc2c(=O)[nH]c(=O)n(CC(OC)c3ccccc3)c21. The van der Waals surface area contributed by atoms with Crippen molar-refractivity contribution in [1.82, 2.24) is 29.4 Å². The Kier molecular flexibility index (Phi) is 6.97. The van der Waals surface area contributed by atoms with E-state index in [0.717, 1.165) is 49.5 Å². The number of hydrogen-bond donors (Lipinski definition) is 2. The smallest absolute Gasteiger partial charge is 0.330 e. The maximum atomic E-state index is 13.0. The molecule has 188 valence electrons. The van der Waals surface area contributed by atoms with Crippen molar-refractivity contribution in [2.75, 3.05) is 38.2 Å². The number of aromatic nitrogens is 5. The van der Waals surface area contributed by atoms with Gasteiger partial charge in [0.15, 0.2) is 11.2 Å². The Morgan fingerprint density at radius 2 is 1.83 bits per heavy atom. The lowest BCUT2D eigenvalue weighted by atomic mass is 10.1. The monoisotopic (exact) mass is 489 g/mol. The molecule has 10 nitrogen and oxygen atoms in total. The highest BCUT2D eigenvalue weighted by Gasteiger charge is 2.22. The van der Waals surface area contributed by atoms with Crippen LogP contribution in [0, 0.1) is 0 Å². The van der Waals surface area contributed by atoms with Crippen molar-refractivity contribution in [3.05, 3.63) is 75.1 Å². The molecule has 3 aromatic heterocycles. The zero-order chi connectivity index (χ0) is 25.1. The Hall–Kier alpha value is -3.76. The molecule has 0 radical (unpaired) electrons. The largest absolute Gasteiger partial charge is 0.375 e. The number of benzene rings is 1. The molecule has 0 spiro atoms. The van der Waals surface area contributed by atoms with E-state index in [2.05, 4.69) is 27.1 Å². The van der Waals surface area contributed by atoms with Crippen LogP contribution in [0.5, 0.6) is 0 Å². The third-order valence-corrected chi connectivity index (χ3v) is 6.58. The highest BCUT2D eigenvalue weighted by atomic mass is 16.5. The number of aromatic amines is 1. The predicted octanol–water partition coefficient (Wildman–Crippen LogP) is 2.16. The van der Waals surface area contributed by atoms with Crippen LogP contribution in [0.25, 0.3) is 22.6 Å². The van der Waals surface area contributed by atoms with E-state index < -0.39 is 11.2 Å². The van der Waals surface area contributed by atoms with E-state index in [4.69, 9.17) is 9.72 Å². The first-order valence-corrected chi connectivity index (χ1v) is 12.3. The zero-order valence-corrected chi connectivity index (χ0v) is 20.6. The minimum atomic E-state index is -0.499. The van der Waals surface area contributed by atoms with Crippen LogP contribution in [0.2, 0.25) is 0 Å². The summed E-state index contributed by atoms with van der Waals surface area (Å²) < 4.78 is 9.25. The lowest BCUT2D eigenvalue weighted by molar-refractivity contribution is 0.0874. The van der Waals surface area contributed by atoms with Crippen LogP contribution in [-0.2, 0) is 17.8 Å². The molecule has 0 amide bonds. The molecular formula is C26H31N7O3. The summed E-state index contributed by atoms with van der Waals surface area (Å²) in [6.45, 7) is 6.57. The number of aryl methyl sites for hydroxylation is 1. The molecule has 1 atom stereocenters. The van der Waals surface area contributed by atoms with Crippen molar-refractivity contribution in [2.24, 2.45) is 0 Å². The van der Waals surface area contributed by atoms with Crippen LogP contribution in [0.4, 0.5) is 5.82 Å². The average Bonchev–Trinajstić information content (AvgIpc) is 3.30. The first kappa shape index (κ1) is 24.0. The van der Waals surface area contributed by atoms with Crippen molar-refractivity contribution < 1.29 is 4.74 Å². The maximum absolute atomic E-state index is 13.0. The highest BCUT2D eigenvalue weighted by molar-refractivity contribution is 5.77. The van der Waals surface area contributed by atoms with Crippen LogP contribution in [0.15, 0.2) is 58.3 Å². The van der Waals surface area contributed by atoms with E-state index in [1.165, 1.54) is 0 Å². The number of piperazine rings is 1. The number of fused-ring (bicyclic) bond motifs is 1. The van der Waals surface area contributed by atoms with E-state index in [1.807, 2.05) is 47.0 Å². The zero-order valence-electron chi connectivity index (χ0n) is 20.6. The first-order valence-electron chi connectivity index (χ1n) is 12.3. The second kappa shape index (κ2) is 10.5. The van der Waals surface area contributed by atoms with Crippen LogP contribution in [0.3, 0.4) is 0 Å². The molecule has 2 N–H and O–H groups in total. The molecule has 4 aromatic rings. The summed E-state index contributed by atoms with van der Waals surface area (Å²) in [5, 5.41) is 3.35. The summed E-state index contributed by atoms with van der Waals surface area (Å²) in [6, 6.07) is 13.7. The molecule has 0 bridgehead atoms. The molecule has 1 aliphatic heterocycles. The van der Waals surface area contributed by atoms with E-state index in [9.17, 15) is 9.59 Å². The molecule has 1 fully saturated rings. The van der Waals surface area contributed by atoms with Gasteiger partial charge in [-0.1, -0.05) is 37.3 Å². The third-order valence-electron chi connectivity index (χ3n) is 6.58. The fraction of sp³-hybridized carbons (Fsp3) is 0.385. The van der Waals surface area contributed by atoms with Gasteiger partial charge in [0.25, 0.3) is 5.56 Å². The van der Waals surface area contributed by atoms with E-state index in [0.29, 0.717) is 18.0 Å². The Bertz CT molecular complexity index is 1430. The number of ether oxygens (including phenoxy) is 1. The van der Waals surface area contributed by atoms with Crippen LogP contribution >= 0.6 is 0 Å². The van der Waals surface area contributed by atoms with Crippen molar-refractivity contribution in [1.29, 1.82) is 0 Å². The van der Waals surface area contributed by atoms with Crippen molar-refractivity contribution >= 4 is 17.0 Å². The van der Waals surface area contributed by atoms with Gasteiger partial charge < -0.3 is 19.5 Å². The molecule has 0 aliphatic carbocycles. The number of methoxy groups -OCH3 is 1. The quantitative estimate of drug-likeness (QED) is 0.390. The number of anilines is 1. The van der Waals surface area contributed by atoms with Gasteiger partial charge in [-0.15, -0.1) is 0 Å². The van der Waals surface area contributed by atoms with Gasteiger partial charge in [0.05, 0.1) is 6.54 Å². The molecule has 1 saturated heterocycles. The number of pyridine rings is 1. The number of rotatable bonds is 8. The number of nitrogens with one attached hydrogen (secondary N) is 2. The topological polar surface area (TPSA) is 110 Å². The van der Waals surface area contributed by atoms with E-state index in [1.54, 1.807) is 17.9 Å². The number of H-pyrrole nitrogens is 1. The van der Waals surface area contributed by atoms with Gasteiger partial charge in [-0.3, -0.25) is 14.3 Å². The minimum absolute atomic E-state index is 0.229. The Morgan fingerprint density at radius 3 is 2.50 bits per heavy atom. The maximum Gasteiger partial charge on any atom is 0.330 e. The molecule has 4 heterocycles. The lowest BCUT2D eigenvalue weighted by Crippen LogP contribution is -2.43. The van der Waals surface area contributed by atoms with Gasteiger partial charge in [0.2, 0.25) is 0 Å². The average molecular weight is 490 g/mol. The third kappa shape index (κ3) is 4.57. The van der Waals surface area contributed by atoms with Crippen molar-refractivity contribution in [3.8, 4) is 11.4 Å². The molecule has 0 saturated carbocycles. The van der Waals surface area contributed by atoms with E-state index in [-0.39, 0.29) is 18.2 Å². The summed E-state index contributed by atoms with van der Waals surface area (Å²) in [6.07, 6.45) is 2.23. The molecule has 1 aliphatic rings. The van der Waals surface area contributed by atoms with Crippen LogP contribution < -0.4 is 21.5 Å². The van der Waals surface area contributed by atoms with Gasteiger partial charge in [0, 0.05) is 51.6 Å². The summed E-state index contributed by atoms with van der Waals surface area (Å²) in [5.41, 5.74) is 1.48. The molecule has 36 heavy (non-hydrogen) atoms. The summed E-state index contributed by atoms with van der Waals surface area (Å²) in [5.74, 6) is 1.53. The lowest BCUT2D eigenvalue weighted by Gasteiger charge is -2.28. The Morgan fingerprint density at radius 1 is 1.06 bits per heavy atom. The van der Waals surface area contributed by atoms with Crippen LogP contribution in [0.1, 0.15) is 25.0 Å². The summed E-state index contributed by atoms with van der Waals surface area (Å²) >= 11 is 0. The van der Waals surface area contributed by atoms with E-state index >= 15 is 0 Å². The fourth-order valence-corrected chi connectivity index (χ4v) is 4.76. The first-order chi connectivity index (χ1) is 17.6. The molecule has 1 unspecified atom stereocenters. The Labute approximate surface area is 208 Å². The van der Waals surface area contributed by atoms with Crippen molar-refractivity contribution in [3.63, 3.8) is 0 Å². The molecular weight excluding hydrogens is 458 g/mol. The summed E-state index contributed by atoms with van der Waals surface area (Å²) in [4.78, 5) is 40.0. The number of nitrogens with zero attached hydrogens (tertiary/aromatic N) is 5. The van der Waals surface area contributed by atoms with Gasteiger partial charge in [0.1, 0.15) is 17.7 Å². The Balaban J connectivity index is 1.60. The number of hydrogen-bond acceptors (Lipinski definition) is 7. The van der Waals surface area contributed by atoms with Gasteiger partial charge >= 0.3 is 5.69 Å². The summed E-state index contributed by atoms with van der Waals surface area (Å²) in [7, 11) is 1.62. The van der Waals surface area contributed by atoms with Gasteiger partial charge in [-0.25, -0.2) is 14.8 Å². The van der Waals surface area contributed by atoms with Gasteiger partial charge in [-0.2, -0.15) is 0 Å². The molecule has 5 rings (SSSR count). The number of imidazole rings is 1. The fourth-order valence-electron chi connectivity index (χ4n) is 4.76. The second-order valence-corrected chi connectivity index (χ2v) is 8.91. The molecule has 1 aromatic carbocycles. The predicted molar refractivity (Wildman–Crippen MR) is 139 cm³/mol. The standard InChI is InChI=1S/C26H31N7O3/c1-3-13-32-23(19-9-10-21(28-16-19)31-14-11-27-12-15-31)29-22-24(34)30-26(35)33(25(22)32)17-20(36-2)18-7-5-4-6-8-18/h4-10,16,20,27H,3,11-15,17H2,1-2H3,(H,30,34,35).